The molecule has 3 heteroatoms. The van der Waals surface area contributed by atoms with E-state index in [0.29, 0.717) is 0 Å². The summed E-state index contributed by atoms with van der Waals surface area (Å²) in [4.78, 5) is 0. The van der Waals surface area contributed by atoms with Crippen LogP contribution in [0.5, 0.6) is 0 Å². The molecular weight excluding hydrogens is 196 g/mol. The van der Waals surface area contributed by atoms with Crippen LogP contribution in [0.25, 0.3) is 0 Å². The maximum absolute atomic E-state index is 4.95. The normalized spacial score (nSPS) is 7.25. The van der Waals surface area contributed by atoms with Crippen molar-refractivity contribution in [2.24, 2.45) is 5.92 Å². The number of halogens is 2. The fraction of sp³-hybridized carbons (Fsp3) is 1.00. The molecule has 0 aromatic heterocycles. The van der Waals surface area contributed by atoms with Crippen molar-refractivity contribution >= 4 is 19.4 Å². The van der Waals surface area contributed by atoms with Crippen molar-refractivity contribution < 1.29 is 15.1 Å². The Labute approximate surface area is 67.6 Å². The van der Waals surface area contributed by atoms with Crippen LogP contribution in [0.15, 0.2) is 0 Å². The van der Waals surface area contributed by atoms with Crippen molar-refractivity contribution in [1.29, 1.82) is 0 Å². The van der Waals surface area contributed by atoms with Crippen LogP contribution < -0.4 is 0 Å². The zero-order valence-corrected chi connectivity index (χ0v) is 10.2. The average Bonchev–Trinajstić information content (AvgIpc) is 1.69. The van der Waals surface area contributed by atoms with Gasteiger partial charge in [-0.25, -0.2) is 0 Å². The van der Waals surface area contributed by atoms with Crippen molar-refractivity contribution in [1.82, 2.24) is 0 Å². The fourth-order valence-corrected chi connectivity index (χ4v) is 0. The topological polar surface area (TPSA) is 0 Å². The van der Waals surface area contributed by atoms with Crippen molar-refractivity contribution in [3.63, 3.8) is 0 Å². The first-order chi connectivity index (χ1) is 3.68. The third kappa shape index (κ3) is 27.0. The van der Waals surface area contributed by atoms with E-state index in [1.54, 1.807) is 0 Å². The van der Waals surface area contributed by atoms with E-state index in [1.807, 2.05) is 0 Å². The molecule has 0 bridgehead atoms. The second-order valence-electron chi connectivity index (χ2n) is 1.90. The molecule has 0 nitrogen and oxygen atoms in total. The monoisotopic (exact) mass is 206 g/mol. The van der Waals surface area contributed by atoms with E-state index in [0.717, 1.165) is 5.92 Å². The Hall–Kier alpha value is 1.20. The van der Waals surface area contributed by atoms with Gasteiger partial charge in [-0.1, -0.05) is 27.2 Å². The van der Waals surface area contributed by atoms with Gasteiger partial charge in [-0.3, -0.25) is 0 Å². The molecule has 0 rings (SSSR count). The van der Waals surface area contributed by atoms with Gasteiger partial charge in [0.2, 0.25) is 0 Å². The predicted octanol–water partition coefficient (Wildman–Crippen LogP) is 3.43. The molecule has 0 atom stereocenters. The van der Waals surface area contributed by atoms with Crippen molar-refractivity contribution in [3.8, 4) is 0 Å². The minimum absolute atomic E-state index is 0.884. The molecule has 8 heavy (non-hydrogen) atoms. The van der Waals surface area contributed by atoms with Crippen LogP contribution in [0.3, 0.4) is 0 Å². The summed E-state index contributed by atoms with van der Waals surface area (Å²) in [5, 5.41) is 0. The van der Waals surface area contributed by atoms with Gasteiger partial charge in [0.1, 0.15) is 0 Å². The SMILES string of the molecule is CCC(C)C.[Cl][Zn][Cl]. The molecule has 48 valence electrons. The van der Waals surface area contributed by atoms with Crippen LogP contribution in [0, 0.1) is 5.92 Å². The van der Waals surface area contributed by atoms with Crippen molar-refractivity contribution in [2.75, 3.05) is 0 Å². The molecule has 0 aromatic carbocycles. The fourth-order valence-electron chi connectivity index (χ4n) is 0. The van der Waals surface area contributed by atoms with E-state index in [1.165, 1.54) is 6.42 Å². The minimum atomic E-state index is -0.931. The molecule has 0 unspecified atom stereocenters. The van der Waals surface area contributed by atoms with Crippen LogP contribution in [0.1, 0.15) is 27.2 Å². The summed E-state index contributed by atoms with van der Waals surface area (Å²) in [6.45, 7) is 6.64. The number of rotatable bonds is 1. The van der Waals surface area contributed by atoms with Gasteiger partial charge in [-0.15, -0.1) is 0 Å². The van der Waals surface area contributed by atoms with Gasteiger partial charge < -0.3 is 0 Å². The van der Waals surface area contributed by atoms with Crippen molar-refractivity contribution in [3.05, 3.63) is 0 Å². The average molecular weight is 208 g/mol. The van der Waals surface area contributed by atoms with Crippen LogP contribution >= 0.6 is 19.4 Å². The molecule has 0 aliphatic rings. The Kier molecular flexibility index (Phi) is 16.5. The quantitative estimate of drug-likeness (QED) is 0.579. The van der Waals surface area contributed by atoms with E-state index < -0.39 is 15.1 Å². The molecule has 0 aromatic rings. The summed E-state index contributed by atoms with van der Waals surface area (Å²) >= 11 is -0.931. The molecular formula is C5H12Cl2Zn. The Balaban J connectivity index is 0. The Morgan fingerprint density at radius 1 is 1.38 bits per heavy atom. The Morgan fingerprint density at radius 3 is 1.50 bits per heavy atom. The Bertz CT molecular complexity index is 31.6. The standard InChI is InChI=1S/C5H12.2ClH.Zn/c1-4-5(2)3;;;/h5H,4H2,1-3H3;2*1H;/q;;;+2/p-2. The molecule has 0 radical (unpaired) electrons. The molecule has 0 aliphatic heterocycles. The molecule has 0 spiro atoms. The summed E-state index contributed by atoms with van der Waals surface area (Å²) in [5.41, 5.74) is 0. The third-order valence-electron chi connectivity index (χ3n) is 0.816. The van der Waals surface area contributed by atoms with Gasteiger partial charge in [0.15, 0.2) is 0 Å². The van der Waals surface area contributed by atoms with Crippen LogP contribution in [-0.4, -0.2) is 0 Å². The molecule has 0 amide bonds. The van der Waals surface area contributed by atoms with Gasteiger partial charge in [0.25, 0.3) is 0 Å². The van der Waals surface area contributed by atoms with Gasteiger partial charge in [0, 0.05) is 0 Å². The molecule has 0 saturated carbocycles. The summed E-state index contributed by atoms with van der Waals surface area (Å²) < 4.78 is 0. The van der Waals surface area contributed by atoms with Crippen LogP contribution in [-0.2, 0) is 15.1 Å². The first-order valence-corrected chi connectivity index (χ1v) is 10.6. The first-order valence-electron chi connectivity index (χ1n) is 2.80. The van der Waals surface area contributed by atoms with E-state index in [4.69, 9.17) is 19.4 Å². The van der Waals surface area contributed by atoms with Crippen LogP contribution in [0.4, 0.5) is 0 Å². The summed E-state index contributed by atoms with van der Waals surface area (Å²) in [6.07, 6.45) is 1.31. The molecule has 0 aliphatic carbocycles. The molecule has 0 N–H and O–H groups in total. The summed E-state index contributed by atoms with van der Waals surface area (Å²) in [6, 6.07) is 0. The van der Waals surface area contributed by atoms with Gasteiger partial charge in [-0.2, -0.15) is 0 Å². The van der Waals surface area contributed by atoms with E-state index in [-0.39, 0.29) is 0 Å². The predicted molar refractivity (Wildman–Crippen MR) is 36.8 cm³/mol. The van der Waals surface area contributed by atoms with E-state index >= 15 is 0 Å². The van der Waals surface area contributed by atoms with Crippen molar-refractivity contribution in [2.45, 2.75) is 27.2 Å². The van der Waals surface area contributed by atoms with E-state index in [2.05, 4.69) is 20.8 Å². The van der Waals surface area contributed by atoms with Gasteiger partial charge in [-0.05, 0) is 5.92 Å². The molecule has 0 saturated heterocycles. The summed E-state index contributed by atoms with van der Waals surface area (Å²) in [5.74, 6) is 0.884. The number of hydrogen-bond donors (Lipinski definition) is 0. The zero-order chi connectivity index (χ0) is 6.99. The number of hydrogen-bond acceptors (Lipinski definition) is 0. The van der Waals surface area contributed by atoms with Gasteiger partial charge in [0.05, 0.1) is 0 Å². The second-order valence-corrected chi connectivity index (χ2v) is 6.53. The first kappa shape index (κ1) is 11.9. The van der Waals surface area contributed by atoms with E-state index in [9.17, 15) is 0 Å². The molecule has 0 fully saturated rings. The third-order valence-corrected chi connectivity index (χ3v) is 0.816. The maximum atomic E-state index is 4.95. The zero-order valence-electron chi connectivity index (χ0n) is 5.75. The second kappa shape index (κ2) is 11.1. The molecule has 0 heterocycles. The Morgan fingerprint density at radius 2 is 1.50 bits per heavy atom. The van der Waals surface area contributed by atoms with Crippen LogP contribution in [0.2, 0.25) is 0 Å². The van der Waals surface area contributed by atoms with Gasteiger partial charge >= 0.3 is 34.5 Å². The summed E-state index contributed by atoms with van der Waals surface area (Å²) in [7, 11) is 9.90.